The molecule has 1 aliphatic heterocycles. The molecule has 8 heteroatoms. The maximum Gasteiger partial charge on any atom is 0.421 e. The van der Waals surface area contributed by atoms with Crippen molar-refractivity contribution in [2.24, 2.45) is 0 Å². The summed E-state index contributed by atoms with van der Waals surface area (Å²) in [6, 6.07) is -0.142. The Balaban J connectivity index is 1.91. The molecule has 2 aliphatic rings. The Morgan fingerprint density at radius 3 is 2.71 bits per heavy atom. The molecule has 0 aromatic rings. The molecule has 0 bridgehead atoms. The molecule has 0 aromatic carbocycles. The number of amides is 1. The van der Waals surface area contributed by atoms with Crippen LogP contribution in [-0.4, -0.2) is 39.2 Å². The van der Waals surface area contributed by atoms with Gasteiger partial charge in [0.05, 0.1) is 6.61 Å². The Morgan fingerprint density at radius 2 is 2.05 bits per heavy atom. The van der Waals surface area contributed by atoms with Crippen molar-refractivity contribution < 1.29 is 17.9 Å². The lowest BCUT2D eigenvalue weighted by atomic mass is 9.75. The smallest absolute Gasteiger partial charge is 0.421 e. The van der Waals surface area contributed by atoms with Crippen molar-refractivity contribution in [3.05, 3.63) is 0 Å². The van der Waals surface area contributed by atoms with Gasteiger partial charge in [-0.2, -0.15) is 13.1 Å². The lowest BCUT2D eigenvalue weighted by Crippen LogP contribution is -2.58. The van der Waals surface area contributed by atoms with Crippen LogP contribution in [0.3, 0.4) is 0 Å². The highest BCUT2D eigenvalue weighted by atomic mass is 32.2. The van der Waals surface area contributed by atoms with Crippen LogP contribution < -0.4 is 14.8 Å². The monoisotopic (exact) mass is 319 g/mol. The van der Waals surface area contributed by atoms with Gasteiger partial charge in [0, 0.05) is 11.6 Å². The van der Waals surface area contributed by atoms with Gasteiger partial charge in [-0.15, -0.1) is 0 Å². The molecule has 1 saturated carbocycles. The first-order valence-electron chi connectivity index (χ1n) is 7.66. The van der Waals surface area contributed by atoms with Crippen molar-refractivity contribution in [3.8, 4) is 0 Å². The van der Waals surface area contributed by atoms with Crippen LogP contribution in [0, 0.1) is 0 Å². The Hall–Kier alpha value is -0.860. The first kappa shape index (κ1) is 16.5. The van der Waals surface area contributed by atoms with Crippen LogP contribution in [0.25, 0.3) is 0 Å². The minimum Gasteiger partial charge on any atom is -0.449 e. The second kappa shape index (κ2) is 6.93. The van der Waals surface area contributed by atoms with Gasteiger partial charge >= 0.3 is 16.3 Å². The average molecular weight is 319 g/mol. The average Bonchev–Trinajstić information content (AvgIpc) is 2.38. The number of nitrogens with one attached hydrogen (secondary N) is 3. The SMILES string of the molecule is CCOC(=O)NS(=O)(=O)NC1CCNC2(CCCCC2)C1. The lowest BCUT2D eigenvalue weighted by Gasteiger charge is -2.44. The first-order chi connectivity index (χ1) is 9.95. The van der Waals surface area contributed by atoms with E-state index in [0.29, 0.717) is 0 Å². The second-order valence-electron chi connectivity index (χ2n) is 5.90. The van der Waals surface area contributed by atoms with Crippen molar-refractivity contribution >= 4 is 16.3 Å². The largest absolute Gasteiger partial charge is 0.449 e. The quantitative estimate of drug-likeness (QED) is 0.719. The Kier molecular flexibility index (Phi) is 5.45. The molecule has 1 unspecified atom stereocenters. The number of hydrogen-bond donors (Lipinski definition) is 3. The highest BCUT2D eigenvalue weighted by molar-refractivity contribution is 7.88. The van der Waals surface area contributed by atoms with Gasteiger partial charge in [0.1, 0.15) is 0 Å². The van der Waals surface area contributed by atoms with Crippen molar-refractivity contribution in [1.29, 1.82) is 0 Å². The standard InChI is InChI=1S/C13H25N3O4S/c1-2-20-12(17)16-21(18,19)15-11-6-9-14-13(10-11)7-4-3-5-8-13/h11,14-15H,2-10H2,1H3,(H,16,17). The lowest BCUT2D eigenvalue weighted by molar-refractivity contribution is 0.157. The second-order valence-corrected chi connectivity index (χ2v) is 7.35. The van der Waals surface area contributed by atoms with Gasteiger partial charge in [0.2, 0.25) is 0 Å². The van der Waals surface area contributed by atoms with E-state index >= 15 is 0 Å². The molecule has 1 atom stereocenters. The van der Waals surface area contributed by atoms with E-state index in [9.17, 15) is 13.2 Å². The predicted octanol–water partition coefficient (Wildman–Crippen LogP) is 1.02. The van der Waals surface area contributed by atoms with Crippen LogP contribution in [-0.2, 0) is 14.9 Å². The predicted molar refractivity (Wildman–Crippen MR) is 79.1 cm³/mol. The summed E-state index contributed by atoms with van der Waals surface area (Å²) in [5.41, 5.74) is 0.0631. The van der Waals surface area contributed by atoms with Gasteiger partial charge in [-0.05, 0) is 39.2 Å². The Bertz CT molecular complexity index is 455. The summed E-state index contributed by atoms with van der Waals surface area (Å²) in [6.45, 7) is 2.56. The van der Waals surface area contributed by atoms with Gasteiger partial charge in [0.15, 0.2) is 0 Å². The topological polar surface area (TPSA) is 96.5 Å². The molecule has 21 heavy (non-hydrogen) atoms. The van der Waals surface area contributed by atoms with E-state index in [1.807, 2.05) is 4.72 Å². The number of piperidine rings is 1. The van der Waals surface area contributed by atoms with Crippen molar-refractivity contribution in [2.45, 2.75) is 63.5 Å². The van der Waals surface area contributed by atoms with Crippen molar-refractivity contribution in [1.82, 2.24) is 14.8 Å². The van der Waals surface area contributed by atoms with Gasteiger partial charge in [-0.3, -0.25) is 0 Å². The van der Waals surface area contributed by atoms with E-state index in [-0.39, 0.29) is 18.2 Å². The van der Waals surface area contributed by atoms with Crippen LogP contribution in [0.4, 0.5) is 4.79 Å². The van der Waals surface area contributed by atoms with Gasteiger partial charge in [-0.25, -0.2) is 9.52 Å². The third kappa shape index (κ3) is 4.82. The highest BCUT2D eigenvalue weighted by Gasteiger charge is 2.38. The number of carbonyl (C=O) groups excluding carboxylic acids is 1. The molecule has 0 radical (unpaired) electrons. The van der Waals surface area contributed by atoms with E-state index in [1.54, 1.807) is 6.92 Å². The number of hydrogen-bond acceptors (Lipinski definition) is 5. The molecule has 3 N–H and O–H groups in total. The van der Waals surface area contributed by atoms with Crippen molar-refractivity contribution in [2.75, 3.05) is 13.2 Å². The molecule has 122 valence electrons. The molecular weight excluding hydrogens is 294 g/mol. The Labute approximate surface area is 126 Å². The van der Waals surface area contributed by atoms with Crippen LogP contribution in [0.15, 0.2) is 0 Å². The molecule has 1 heterocycles. The molecule has 2 fully saturated rings. The normalized spacial score (nSPS) is 25.5. The Morgan fingerprint density at radius 1 is 1.33 bits per heavy atom. The zero-order chi connectivity index (χ0) is 15.3. The fourth-order valence-corrected chi connectivity index (χ4v) is 4.36. The maximum absolute atomic E-state index is 11.9. The summed E-state index contributed by atoms with van der Waals surface area (Å²) in [7, 11) is -3.86. The van der Waals surface area contributed by atoms with Gasteiger partial charge in [0.25, 0.3) is 0 Å². The summed E-state index contributed by atoms with van der Waals surface area (Å²) in [5, 5.41) is 3.56. The van der Waals surface area contributed by atoms with Crippen molar-refractivity contribution in [3.63, 3.8) is 0 Å². The highest BCUT2D eigenvalue weighted by Crippen LogP contribution is 2.34. The molecule has 0 aromatic heterocycles. The van der Waals surface area contributed by atoms with Crippen LogP contribution in [0.2, 0.25) is 0 Å². The molecular formula is C13H25N3O4S. The summed E-state index contributed by atoms with van der Waals surface area (Å²) in [5.74, 6) is 0. The molecule has 1 aliphatic carbocycles. The summed E-state index contributed by atoms with van der Waals surface area (Å²) in [4.78, 5) is 11.2. The summed E-state index contributed by atoms with van der Waals surface area (Å²) >= 11 is 0. The first-order valence-corrected chi connectivity index (χ1v) is 9.15. The zero-order valence-electron chi connectivity index (χ0n) is 12.5. The maximum atomic E-state index is 11.9. The fourth-order valence-electron chi connectivity index (χ4n) is 3.39. The van der Waals surface area contributed by atoms with Crippen LogP contribution in [0.5, 0.6) is 0 Å². The number of rotatable bonds is 4. The zero-order valence-corrected chi connectivity index (χ0v) is 13.3. The van der Waals surface area contributed by atoms with E-state index in [4.69, 9.17) is 0 Å². The van der Waals surface area contributed by atoms with E-state index in [0.717, 1.165) is 32.2 Å². The van der Waals surface area contributed by atoms with Gasteiger partial charge in [-0.1, -0.05) is 19.3 Å². The van der Waals surface area contributed by atoms with Crippen LogP contribution >= 0.6 is 0 Å². The minimum absolute atomic E-state index is 0.0631. The number of ether oxygens (including phenoxy) is 1. The molecule has 1 saturated heterocycles. The van der Waals surface area contributed by atoms with E-state index in [2.05, 4.69) is 14.8 Å². The summed E-state index contributed by atoms with van der Waals surface area (Å²) in [6.07, 6.45) is 6.38. The fraction of sp³-hybridized carbons (Fsp3) is 0.923. The molecule has 1 amide bonds. The van der Waals surface area contributed by atoms with E-state index < -0.39 is 16.3 Å². The van der Waals surface area contributed by atoms with E-state index in [1.165, 1.54) is 19.3 Å². The molecule has 1 spiro atoms. The third-order valence-electron chi connectivity index (χ3n) is 4.26. The summed E-state index contributed by atoms with van der Waals surface area (Å²) < 4.78 is 32.9. The third-order valence-corrected chi connectivity index (χ3v) is 5.33. The van der Waals surface area contributed by atoms with Gasteiger partial charge < -0.3 is 10.1 Å². The molecule has 2 rings (SSSR count). The minimum atomic E-state index is -3.86. The number of carbonyl (C=O) groups is 1. The van der Waals surface area contributed by atoms with Crippen LogP contribution in [0.1, 0.15) is 51.9 Å². The molecule has 7 nitrogen and oxygen atoms in total.